The van der Waals surface area contributed by atoms with E-state index in [1.165, 1.54) is 12.1 Å². The number of aromatic nitrogens is 3. The normalized spacial score (nSPS) is 10.7. The fourth-order valence-electron chi connectivity index (χ4n) is 2.92. The van der Waals surface area contributed by atoms with Crippen LogP contribution < -0.4 is 5.32 Å². The Morgan fingerprint density at radius 3 is 2.62 bits per heavy atom. The Balaban J connectivity index is 1.54. The number of rotatable bonds is 4. The number of amides is 1. The first-order valence-corrected chi connectivity index (χ1v) is 9.23. The van der Waals surface area contributed by atoms with Gasteiger partial charge in [-0.05, 0) is 48.9 Å². The topological polar surface area (TPSA) is 70.7 Å². The number of aromatic amines is 1. The Morgan fingerprint density at radius 2 is 1.90 bits per heavy atom. The summed E-state index contributed by atoms with van der Waals surface area (Å²) in [4.78, 5) is 23.9. The molecule has 29 heavy (non-hydrogen) atoms. The van der Waals surface area contributed by atoms with Crippen molar-refractivity contribution in [1.29, 1.82) is 0 Å². The monoisotopic (exact) mass is 406 g/mol. The number of H-pyrrole nitrogens is 1. The van der Waals surface area contributed by atoms with E-state index < -0.39 is 5.82 Å². The molecule has 0 atom stereocenters. The quantitative estimate of drug-likeness (QED) is 0.470. The van der Waals surface area contributed by atoms with Crippen LogP contribution in [0.2, 0.25) is 5.02 Å². The molecule has 0 aliphatic heterocycles. The summed E-state index contributed by atoms with van der Waals surface area (Å²) < 4.78 is 14.1. The van der Waals surface area contributed by atoms with Crippen LogP contribution >= 0.6 is 11.6 Å². The van der Waals surface area contributed by atoms with E-state index in [0.717, 1.165) is 5.56 Å². The van der Waals surface area contributed by atoms with Crippen molar-refractivity contribution in [2.24, 2.45) is 0 Å². The van der Waals surface area contributed by atoms with Gasteiger partial charge in [0.15, 0.2) is 0 Å². The number of hydrogen-bond acceptors (Lipinski definition) is 3. The summed E-state index contributed by atoms with van der Waals surface area (Å²) in [6.45, 7) is 1.95. The zero-order valence-corrected chi connectivity index (χ0v) is 16.2. The van der Waals surface area contributed by atoms with Gasteiger partial charge in [-0.25, -0.2) is 9.37 Å². The molecule has 0 saturated carbocycles. The van der Waals surface area contributed by atoms with Crippen LogP contribution in [0.3, 0.4) is 0 Å². The van der Waals surface area contributed by atoms with E-state index in [1.54, 1.807) is 30.6 Å². The van der Waals surface area contributed by atoms with Gasteiger partial charge < -0.3 is 10.3 Å². The first kappa shape index (κ1) is 18.8. The average Bonchev–Trinajstić information content (AvgIpc) is 3.18. The summed E-state index contributed by atoms with van der Waals surface area (Å²) in [7, 11) is 0. The van der Waals surface area contributed by atoms with Crippen LogP contribution in [0.5, 0.6) is 0 Å². The van der Waals surface area contributed by atoms with Crippen LogP contribution in [-0.4, -0.2) is 20.9 Å². The van der Waals surface area contributed by atoms with Crippen LogP contribution in [0.1, 0.15) is 16.1 Å². The predicted molar refractivity (Wildman–Crippen MR) is 111 cm³/mol. The molecule has 0 saturated heterocycles. The lowest BCUT2D eigenvalue weighted by Gasteiger charge is -2.06. The van der Waals surface area contributed by atoms with Gasteiger partial charge in [-0.3, -0.25) is 9.78 Å². The van der Waals surface area contributed by atoms with Gasteiger partial charge in [0, 0.05) is 17.4 Å². The van der Waals surface area contributed by atoms with Crippen LogP contribution in [0.25, 0.3) is 22.6 Å². The van der Waals surface area contributed by atoms with Gasteiger partial charge in [-0.15, -0.1) is 0 Å². The summed E-state index contributed by atoms with van der Waals surface area (Å²) >= 11 is 6.09. The number of nitrogens with one attached hydrogen (secondary N) is 2. The van der Waals surface area contributed by atoms with Crippen molar-refractivity contribution < 1.29 is 9.18 Å². The van der Waals surface area contributed by atoms with Crippen molar-refractivity contribution in [3.05, 3.63) is 89.1 Å². The van der Waals surface area contributed by atoms with Gasteiger partial charge in [0.1, 0.15) is 17.3 Å². The van der Waals surface area contributed by atoms with E-state index in [0.29, 0.717) is 22.8 Å². The average molecular weight is 407 g/mol. The van der Waals surface area contributed by atoms with Crippen molar-refractivity contribution in [2.45, 2.75) is 6.92 Å². The minimum Gasteiger partial charge on any atom is -0.338 e. The minimum absolute atomic E-state index is 0.211. The van der Waals surface area contributed by atoms with Gasteiger partial charge >= 0.3 is 0 Å². The number of halogens is 2. The van der Waals surface area contributed by atoms with E-state index in [2.05, 4.69) is 20.3 Å². The Morgan fingerprint density at radius 1 is 1.07 bits per heavy atom. The molecule has 0 aliphatic rings. The molecule has 1 amide bonds. The summed E-state index contributed by atoms with van der Waals surface area (Å²) in [6, 6.07) is 15.4. The number of benzene rings is 2. The van der Waals surface area contributed by atoms with Crippen molar-refractivity contribution in [3.8, 4) is 22.6 Å². The van der Waals surface area contributed by atoms with E-state index >= 15 is 0 Å². The number of hydrogen-bond donors (Lipinski definition) is 2. The molecule has 4 rings (SSSR count). The third-order valence-corrected chi connectivity index (χ3v) is 4.67. The van der Waals surface area contributed by atoms with Crippen molar-refractivity contribution >= 4 is 23.2 Å². The first-order chi connectivity index (χ1) is 14.0. The highest BCUT2D eigenvalue weighted by molar-refractivity contribution is 6.33. The lowest BCUT2D eigenvalue weighted by atomic mass is 10.2. The highest BCUT2D eigenvalue weighted by atomic mass is 35.5. The maximum atomic E-state index is 14.1. The molecule has 0 spiro atoms. The number of carbonyl (C=O) groups excluding carboxylic acids is 1. The number of nitrogens with zero attached hydrogens (tertiary/aromatic N) is 2. The Bertz CT molecular complexity index is 1170. The smallest absolute Gasteiger partial charge is 0.274 e. The molecule has 7 heteroatoms. The molecule has 0 radical (unpaired) electrons. The van der Waals surface area contributed by atoms with Gasteiger partial charge in [0.05, 0.1) is 22.5 Å². The van der Waals surface area contributed by atoms with Crippen molar-refractivity contribution in [3.63, 3.8) is 0 Å². The van der Waals surface area contributed by atoms with Gasteiger partial charge in [0.2, 0.25) is 0 Å². The highest BCUT2D eigenvalue weighted by Crippen LogP contribution is 2.30. The Hall–Kier alpha value is -3.51. The molecule has 2 heterocycles. The van der Waals surface area contributed by atoms with Crippen molar-refractivity contribution in [2.75, 3.05) is 5.32 Å². The maximum absolute atomic E-state index is 14.1. The van der Waals surface area contributed by atoms with Crippen LogP contribution in [-0.2, 0) is 0 Å². The fourth-order valence-corrected chi connectivity index (χ4v) is 3.18. The molecule has 0 unspecified atom stereocenters. The molecule has 144 valence electrons. The SMILES string of the molecule is Cc1cccc(NC(=O)c2ccc(-c3cnc(-c4c(F)cccc4Cl)[nH]3)cn2)c1. The van der Waals surface area contributed by atoms with Gasteiger partial charge in [0.25, 0.3) is 5.91 Å². The minimum atomic E-state index is -0.459. The van der Waals surface area contributed by atoms with Crippen LogP contribution in [0.4, 0.5) is 10.1 Å². The number of imidazole rings is 1. The zero-order chi connectivity index (χ0) is 20.4. The molecule has 2 aromatic heterocycles. The van der Waals surface area contributed by atoms with Crippen molar-refractivity contribution in [1.82, 2.24) is 15.0 Å². The fraction of sp³-hybridized carbons (Fsp3) is 0.0455. The number of aryl methyl sites for hydroxylation is 1. The lowest BCUT2D eigenvalue weighted by Crippen LogP contribution is -2.13. The third-order valence-electron chi connectivity index (χ3n) is 4.36. The zero-order valence-electron chi connectivity index (χ0n) is 15.4. The summed E-state index contributed by atoms with van der Waals surface area (Å²) in [5.41, 5.74) is 3.60. The standard InChI is InChI=1S/C22H16ClFN4O/c1-13-4-2-5-15(10-13)27-22(29)18-9-8-14(11-25-18)19-12-26-21(28-19)20-16(23)6-3-7-17(20)24/h2-12H,1H3,(H,26,28)(H,27,29). The second-order valence-corrected chi connectivity index (χ2v) is 6.91. The molecule has 5 nitrogen and oxygen atoms in total. The van der Waals surface area contributed by atoms with Gasteiger partial charge in [-0.2, -0.15) is 0 Å². The Kier molecular flexibility index (Phi) is 5.10. The second kappa shape index (κ2) is 7.85. The van der Waals surface area contributed by atoms with E-state index in [9.17, 15) is 9.18 Å². The molecular weight excluding hydrogens is 391 g/mol. The van der Waals surface area contributed by atoms with Gasteiger partial charge in [-0.1, -0.05) is 29.8 Å². The van der Waals surface area contributed by atoms with E-state index in [4.69, 9.17) is 11.6 Å². The van der Waals surface area contributed by atoms with Crippen LogP contribution in [0, 0.1) is 12.7 Å². The maximum Gasteiger partial charge on any atom is 0.274 e. The third kappa shape index (κ3) is 4.02. The molecule has 2 N–H and O–H groups in total. The van der Waals surface area contributed by atoms with E-state index in [-0.39, 0.29) is 22.2 Å². The highest BCUT2D eigenvalue weighted by Gasteiger charge is 2.14. The molecule has 0 fully saturated rings. The molecule has 2 aromatic carbocycles. The molecule has 0 bridgehead atoms. The number of pyridine rings is 1. The first-order valence-electron chi connectivity index (χ1n) is 8.85. The van der Waals surface area contributed by atoms with Crippen LogP contribution in [0.15, 0.2) is 67.0 Å². The molecule has 0 aliphatic carbocycles. The number of carbonyl (C=O) groups is 1. The molecule has 4 aromatic rings. The lowest BCUT2D eigenvalue weighted by molar-refractivity contribution is 0.102. The second-order valence-electron chi connectivity index (χ2n) is 6.50. The molecular formula is C22H16ClFN4O. The number of anilines is 1. The predicted octanol–water partition coefficient (Wildman–Crippen LogP) is 5.49. The summed E-state index contributed by atoms with van der Waals surface area (Å²) in [5, 5.41) is 3.09. The Labute approximate surface area is 171 Å². The van der Waals surface area contributed by atoms with E-state index in [1.807, 2.05) is 31.2 Å². The summed E-state index contributed by atoms with van der Waals surface area (Å²) in [5.74, 6) is -0.436. The largest absolute Gasteiger partial charge is 0.338 e. The summed E-state index contributed by atoms with van der Waals surface area (Å²) in [6.07, 6.45) is 3.13.